The van der Waals surface area contributed by atoms with Crippen LogP contribution in [0.15, 0.2) is 12.1 Å². The third kappa shape index (κ3) is 2.81. The maximum Gasteiger partial charge on any atom is 0.338 e. The second-order valence-electron chi connectivity index (χ2n) is 5.44. The van der Waals surface area contributed by atoms with Crippen molar-refractivity contribution in [1.29, 1.82) is 0 Å². The van der Waals surface area contributed by atoms with Crippen LogP contribution in [0.1, 0.15) is 37.0 Å². The number of benzene rings is 1. The minimum atomic E-state index is -1.51. The van der Waals surface area contributed by atoms with Gasteiger partial charge in [0.15, 0.2) is 0 Å². The van der Waals surface area contributed by atoms with Crippen LogP contribution in [0.2, 0.25) is 0 Å². The van der Waals surface area contributed by atoms with Crippen molar-refractivity contribution in [2.45, 2.75) is 32.7 Å². The highest BCUT2D eigenvalue weighted by Gasteiger charge is 2.31. The predicted octanol–water partition coefficient (Wildman–Crippen LogP) is 3.06. The number of hydrogen-bond acceptors (Lipinski definition) is 4. The molecule has 1 aliphatic heterocycles. The maximum atomic E-state index is 13.9. The monoisotopic (exact) mass is 296 g/mol. The number of carboxylic acids is 1. The first-order chi connectivity index (χ1) is 9.82. The molecule has 2 atom stereocenters. The Bertz CT molecular complexity index is 591. The Morgan fingerprint density at radius 3 is 2.71 bits per heavy atom. The number of nitro benzene ring substituents is 1. The van der Waals surface area contributed by atoms with Crippen LogP contribution in [0, 0.1) is 21.8 Å². The van der Waals surface area contributed by atoms with Crippen LogP contribution in [0.5, 0.6) is 0 Å². The number of nitrogens with zero attached hydrogens (tertiary/aromatic N) is 2. The summed E-state index contributed by atoms with van der Waals surface area (Å²) in [5.74, 6) is -2.13. The predicted molar refractivity (Wildman–Crippen MR) is 75.2 cm³/mol. The SMILES string of the molecule is CC1CCCN(c2cc(F)c(C(=O)O)cc2[N+](=O)[O-])C1C. The lowest BCUT2D eigenvalue weighted by Crippen LogP contribution is -2.42. The van der Waals surface area contributed by atoms with Crippen LogP contribution >= 0.6 is 0 Å². The summed E-state index contributed by atoms with van der Waals surface area (Å²) >= 11 is 0. The fourth-order valence-corrected chi connectivity index (χ4v) is 2.77. The van der Waals surface area contributed by atoms with E-state index in [0.29, 0.717) is 12.5 Å². The van der Waals surface area contributed by atoms with Crippen LogP contribution in [-0.4, -0.2) is 28.6 Å². The normalized spacial score (nSPS) is 22.1. The Hall–Kier alpha value is -2.18. The summed E-state index contributed by atoms with van der Waals surface area (Å²) in [4.78, 5) is 23.3. The molecule has 0 amide bonds. The molecule has 1 aliphatic rings. The molecule has 1 heterocycles. The first-order valence-electron chi connectivity index (χ1n) is 6.80. The van der Waals surface area contributed by atoms with Gasteiger partial charge in [-0.1, -0.05) is 6.92 Å². The number of hydrogen-bond donors (Lipinski definition) is 1. The molecule has 114 valence electrons. The van der Waals surface area contributed by atoms with Gasteiger partial charge in [0, 0.05) is 24.7 Å². The van der Waals surface area contributed by atoms with Crippen molar-refractivity contribution in [3.8, 4) is 0 Å². The molecule has 1 N–H and O–H groups in total. The van der Waals surface area contributed by atoms with E-state index in [1.165, 1.54) is 0 Å². The van der Waals surface area contributed by atoms with Crippen LogP contribution in [-0.2, 0) is 0 Å². The van der Waals surface area contributed by atoms with E-state index in [4.69, 9.17) is 5.11 Å². The van der Waals surface area contributed by atoms with Gasteiger partial charge in [-0.15, -0.1) is 0 Å². The fourth-order valence-electron chi connectivity index (χ4n) is 2.77. The van der Waals surface area contributed by atoms with Crippen LogP contribution in [0.25, 0.3) is 0 Å². The molecule has 1 aromatic rings. The van der Waals surface area contributed by atoms with E-state index in [1.807, 2.05) is 13.8 Å². The number of rotatable bonds is 3. The second-order valence-corrected chi connectivity index (χ2v) is 5.44. The standard InChI is InChI=1S/C14H17FN2O4/c1-8-4-3-5-16(9(8)2)12-7-11(15)10(14(18)19)6-13(12)17(20)21/h6-9H,3-5H2,1-2H3,(H,18,19). The van der Waals surface area contributed by atoms with Gasteiger partial charge in [-0.25, -0.2) is 9.18 Å². The molecule has 2 rings (SSSR count). The van der Waals surface area contributed by atoms with Gasteiger partial charge in [-0.2, -0.15) is 0 Å². The van der Waals surface area contributed by atoms with Crippen molar-refractivity contribution < 1.29 is 19.2 Å². The molecule has 2 unspecified atom stereocenters. The summed E-state index contributed by atoms with van der Waals surface area (Å²) in [6, 6.07) is 1.81. The molecular formula is C14H17FN2O4. The molecule has 7 heteroatoms. The van der Waals surface area contributed by atoms with E-state index in [1.54, 1.807) is 4.90 Å². The molecule has 0 saturated carbocycles. The summed E-state index contributed by atoms with van der Waals surface area (Å²) in [6.07, 6.45) is 1.88. The van der Waals surface area contributed by atoms with E-state index < -0.39 is 22.3 Å². The second kappa shape index (κ2) is 5.67. The quantitative estimate of drug-likeness (QED) is 0.684. The topological polar surface area (TPSA) is 83.7 Å². The summed E-state index contributed by atoms with van der Waals surface area (Å²) in [5.41, 5.74) is -0.889. The van der Waals surface area contributed by atoms with Crippen molar-refractivity contribution in [2.75, 3.05) is 11.4 Å². The number of anilines is 1. The molecule has 0 spiro atoms. The average Bonchev–Trinajstić information content (AvgIpc) is 2.40. The molecule has 0 radical (unpaired) electrons. The molecule has 0 aromatic heterocycles. The number of carbonyl (C=O) groups is 1. The lowest BCUT2D eigenvalue weighted by atomic mass is 9.91. The van der Waals surface area contributed by atoms with E-state index in [2.05, 4.69) is 0 Å². The zero-order chi connectivity index (χ0) is 15.7. The Morgan fingerprint density at radius 1 is 1.48 bits per heavy atom. The van der Waals surface area contributed by atoms with Crippen LogP contribution < -0.4 is 4.90 Å². The first-order valence-corrected chi connectivity index (χ1v) is 6.80. The van der Waals surface area contributed by atoms with Gasteiger partial charge in [0.1, 0.15) is 17.1 Å². The Labute approximate surface area is 121 Å². The molecule has 0 aliphatic carbocycles. The van der Waals surface area contributed by atoms with Crippen molar-refractivity contribution in [1.82, 2.24) is 0 Å². The summed E-state index contributed by atoms with van der Waals surface area (Å²) in [6.45, 7) is 4.58. The third-order valence-corrected chi connectivity index (χ3v) is 4.17. The summed E-state index contributed by atoms with van der Waals surface area (Å²) in [5, 5.41) is 20.1. The molecule has 6 nitrogen and oxygen atoms in total. The van der Waals surface area contributed by atoms with E-state index in [9.17, 15) is 19.3 Å². The molecule has 1 saturated heterocycles. The summed E-state index contributed by atoms with van der Waals surface area (Å²) < 4.78 is 13.9. The van der Waals surface area contributed by atoms with Gasteiger partial charge >= 0.3 is 5.97 Å². The number of carboxylic acid groups (broad SMARTS) is 1. The molecule has 1 aromatic carbocycles. The van der Waals surface area contributed by atoms with Crippen molar-refractivity contribution in [2.24, 2.45) is 5.92 Å². The fraction of sp³-hybridized carbons (Fsp3) is 0.500. The number of nitro groups is 1. The van der Waals surface area contributed by atoms with Gasteiger partial charge in [-0.3, -0.25) is 10.1 Å². The zero-order valence-corrected chi connectivity index (χ0v) is 11.9. The number of halogens is 1. The lowest BCUT2D eigenvalue weighted by molar-refractivity contribution is -0.384. The third-order valence-electron chi connectivity index (χ3n) is 4.17. The van der Waals surface area contributed by atoms with E-state index in [0.717, 1.165) is 25.0 Å². The lowest BCUT2D eigenvalue weighted by Gasteiger charge is -2.39. The van der Waals surface area contributed by atoms with Gasteiger partial charge in [-0.05, 0) is 25.7 Å². The van der Waals surface area contributed by atoms with Crippen molar-refractivity contribution in [3.63, 3.8) is 0 Å². The number of aromatic carboxylic acids is 1. The van der Waals surface area contributed by atoms with E-state index >= 15 is 0 Å². The highest BCUT2D eigenvalue weighted by atomic mass is 19.1. The molecule has 21 heavy (non-hydrogen) atoms. The number of piperidine rings is 1. The first kappa shape index (κ1) is 15.2. The van der Waals surface area contributed by atoms with Crippen LogP contribution in [0.4, 0.5) is 15.8 Å². The Morgan fingerprint density at radius 2 is 2.14 bits per heavy atom. The van der Waals surface area contributed by atoms with Crippen LogP contribution in [0.3, 0.4) is 0 Å². The van der Waals surface area contributed by atoms with Gasteiger partial charge < -0.3 is 10.0 Å². The van der Waals surface area contributed by atoms with Gasteiger partial charge in [0.25, 0.3) is 5.69 Å². The van der Waals surface area contributed by atoms with Crippen molar-refractivity contribution >= 4 is 17.3 Å². The van der Waals surface area contributed by atoms with Crippen molar-refractivity contribution in [3.05, 3.63) is 33.6 Å². The Kier molecular flexibility index (Phi) is 4.11. The minimum Gasteiger partial charge on any atom is -0.478 e. The Balaban J connectivity index is 2.54. The molecule has 0 bridgehead atoms. The highest BCUT2D eigenvalue weighted by Crippen LogP contribution is 2.36. The minimum absolute atomic E-state index is 0.0347. The average molecular weight is 296 g/mol. The molecular weight excluding hydrogens is 279 g/mol. The zero-order valence-electron chi connectivity index (χ0n) is 11.9. The smallest absolute Gasteiger partial charge is 0.338 e. The van der Waals surface area contributed by atoms with E-state index in [-0.39, 0.29) is 17.4 Å². The maximum absolute atomic E-state index is 13.9. The largest absolute Gasteiger partial charge is 0.478 e. The highest BCUT2D eigenvalue weighted by molar-refractivity contribution is 5.90. The summed E-state index contributed by atoms with van der Waals surface area (Å²) in [7, 11) is 0. The van der Waals surface area contributed by atoms with Gasteiger partial charge in [0.2, 0.25) is 0 Å². The molecule has 1 fully saturated rings. The van der Waals surface area contributed by atoms with Gasteiger partial charge in [0.05, 0.1) is 4.92 Å².